The zero-order valence-electron chi connectivity index (χ0n) is 11.3. The number of rotatable bonds is 6. The van der Waals surface area contributed by atoms with Crippen molar-refractivity contribution in [1.29, 1.82) is 0 Å². The Morgan fingerprint density at radius 1 is 1.32 bits per heavy atom. The molecule has 2 aromatic rings. The third-order valence-electron chi connectivity index (χ3n) is 2.74. The zero-order valence-corrected chi connectivity index (χ0v) is 11.3. The molecule has 0 aliphatic heterocycles. The third-order valence-corrected chi connectivity index (χ3v) is 2.74. The fourth-order valence-electron chi connectivity index (χ4n) is 1.72. The standard InChI is InChI=1S/C13H12N4O5/c14-11(18)10-8-16(15-12(10)17(20)21)6-7-22-13(19)9-4-2-1-3-5-9/h1-5,8H,6-7H2,(H2,14,18). The monoisotopic (exact) mass is 304 g/mol. The van der Waals surface area contributed by atoms with Crippen LogP contribution in [0.15, 0.2) is 36.5 Å². The summed E-state index contributed by atoms with van der Waals surface area (Å²) >= 11 is 0. The molecule has 0 aliphatic carbocycles. The minimum Gasteiger partial charge on any atom is -0.460 e. The van der Waals surface area contributed by atoms with Crippen LogP contribution in [0, 0.1) is 10.1 Å². The highest BCUT2D eigenvalue weighted by Gasteiger charge is 2.24. The molecule has 1 amide bonds. The van der Waals surface area contributed by atoms with Gasteiger partial charge in [-0.1, -0.05) is 18.2 Å². The molecule has 2 N–H and O–H groups in total. The molecule has 2 rings (SSSR count). The maximum Gasteiger partial charge on any atom is 0.402 e. The van der Waals surface area contributed by atoms with Gasteiger partial charge in [0.25, 0.3) is 5.91 Å². The van der Waals surface area contributed by atoms with Crippen molar-refractivity contribution in [2.45, 2.75) is 6.54 Å². The SMILES string of the molecule is NC(=O)c1cn(CCOC(=O)c2ccccc2)nc1[N+](=O)[O-]. The number of benzene rings is 1. The van der Waals surface area contributed by atoms with Crippen LogP contribution < -0.4 is 5.73 Å². The maximum absolute atomic E-state index is 11.7. The molecule has 0 radical (unpaired) electrons. The van der Waals surface area contributed by atoms with E-state index in [4.69, 9.17) is 10.5 Å². The molecule has 114 valence electrons. The molecule has 0 atom stereocenters. The Morgan fingerprint density at radius 2 is 2.00 bits per heavy atom. The van der Waals surface area contributed by atoms with E-state index in [1.54, 1.807) is 30.3 Å². The molecule has 0 bridgehead atoms. The number of amides is 1. The van der Waals surface area contributed by atoms with Gasteiger partial charge in [-0.25, -0.2) is 4.79 Å². The van der Waals surface area contributed by atoms with Crippen LogP contribution in [-0.2, 0) is 11.3 Å². The van der Waals surface area contributed by atoms with Crippen LogP contribution in [0.5, 0.6) is 0 Å². The lowest BCUT2D eigenvalue weighted by Crippen LogP contribution is -2.12. The first-order chi connectivity index (χ1) is 10.5. The molecular weight excluding hydrogens is 292 g/mol. The van der Waals surface area contributed by atoms with E-state index in [0.717, 1.165) is 10.9 Å². The highest BCUT2D eigenvalue weighted by atomic mass is 16.6. The number of hydrogen-bond donors (Lipinski definition) is 1. The predicted octanol–water partition coefficient (Wildman–Crippen LogP) is 0.747. The fraction of sp³-hybridized carbons (Fsp3) is 0.154. The van der Waals surface area contributed by atoms with E-state index in [0.29, 0.717) is 5.56 Å². The number of aromatic nitrogens is 2. The normalized spacial score (nSPS) is 10.2. The Morgan fingerprint density at radius 3 is 2.55 bits per heavy atom. The lowest BCUT2D eigenvalue weighted by molar-refractivity contribution is -0.390. The van der Waals surface area contributed by atoms with Crippen molar-refractivity contribution in [2.24, 2.45) is 5.73 Å². The molecule has 0 unspecified atom stereocenters. The second-order valence-corrected chi connectivity index (χ2v) is 4.25. The topological polar surface area (TPSA) is 130 Å². The lowest BCUT2D eigenvalue weighted by atomic mass is 10.2. The van der Waals surface area contributed by atoms with Crippen molar-refractivity contribution in [3.63, 3.8) is 0 Å². The Hall–Kier alpha value is -3.23. The summed E-state index contributed by atoms with van der Waals surface area (Å²) in [4.78, 5) is 32.7. The molecule has 1 aromatic heterocycles. The van der Waals surface area contributed by atoms with Crippen LogP contribution in [0.4, 0.5) is 5.82 Å². The Bertz CT molecular complexity index is 679. The number of carbonyl (C=O) groups is 2. The van der Waals surface area contributed by atoms with E-state index in [1.165, 1.54) is 0 Å². The van der Waals surface area contributed by atoms with Crippen LogP contribution >= 0.6 is 0 Å². The zero-order chi connectivity index (χ0) is 16.1. The third kappa shape index (κ3) is 3.45. The van der Waals surface area contributed by atoms with Gasteiger partial charge < -0.3 is 20.6 Å². The summed E-state index contributed by atoms with van der Waals surface area (Å²) < 4.78 is 6.15. The van der Waals surface area contributed by atoms with Crippen LogP contribution in [-0.4, -0.2) is 33.2 Å². The van der Waals surface area contributed by atoms with Crippen LogP contribution in [0.2, 0.25) is 0 Å². The van der Waals surface area contributed by atoms with Gasteiger partial charge in [-0.3, -0.25) is 4.79 Å². The molecule has 0 aliphatic rings. The van der Waals surface area contributed by atoms with E-state index in [1.807, 2.05) is 0 Å². The van der Waals surface area contributed by atoms with Crippen molar-refractivity contribution in [1.82, 2.24) is 9.78 Å². The minimum absolute atomic E-state index is 0.0508. The number of ether oxygens (including phenoxy) is 1. The summed E-state index contributed by atoms with van der Waals surface area (Å²) in [6.45, 7) is 0.0114. The van der Waals surface area contributed by atoms with Crippen molar-refractivity contribution in [3.8, 4) is 0 Å². The number of primary amides is 1. The number of carbonyl (C=O) groups excluding carboxylic acids is 2. The first-order valence-electron chi connectivity index (χ1n) is 6.23. The summed E-state index contributed by atoms with van der Waals surface area (Å²) in [6, 6.07) is 8.38. The van der Waals surface area contributed by atoms with Gasteiger partial charge in [-0.2, -0.15) is 4.68 Å². The molecule has 1 heterocycles. The second-order valence-electron chi connectivity index (χ2n) is 4.25. The Balaban J connectivity index is 1.98. The van der Waals surface area contributed by atoms with E-state index in [-0.39, 0.29) is 18.7 Å². The summed E-state index contributed by atoms with van der Waals surface area (Å²) in [7, 11) is 0. The summed E-state index contributed by atoms with van der Waals surface area (Å²) in [6.07, 6.45) is 1.15. The lowest BCUT2D eigenvalue weighted by Gasteiger charge is -2.03. The average molecular weight is 304 g/mol. The summed E-state index contributed by atoms with van der Waals surface area (Å²) in [5, 5.41) is 14.4. The summed E-state index contributed by atoms with van der Waals surface area (Å²) in [5.74, 6) is -2.08. The molecule has 1 aromatic carbocycles. The summed E-state index contributed by atoms with van der Waals surface area (Å²) in [5.41, 5.74) is 5.14. The molecule has 0 saturated heterocycles. The van der Waals surface area contributed by atoms with Crippen molar-refractivity contribution < 1.29 is 19.2 Å². The van der Waals surface area contributed by atoms with Gasteiger partial charge in [0.05, 0.1) is 23.4 Å². The highest BCUT2D eigenvalue weighted by Crippen LogP contribution is 2.14. The van der Waals surface area contributed by atoms with Gasteiger partial charge in [0.15, 0.2) is 5.56 Å². The number of hydrogen-bond acceptors (Lipinski definition) is 6. The largest absolute Gasteiger partial charge is 0.460 e. The van der Waals surface area contributed by atoms with Gasteiger partial charge in [-0.05, 0) is 17.1 Å². The number of esters is 1. The molecule has 0 fully saturated rings. The van der Waals surface area contributed by atoms with Crippen molar-refractivity contribution >= 4 is 17.7 Å². The Kier molecular flexibility index (Phi) is 4.47. The molecule has 22 heavy (non-hydrogen) atoms. The molecule has 9 heteroatoms. The maximum atomic E-state index is 11.7. The molecule has 0 saturated carbocycles. The Labute approximate surface area is 124 Å². The number of nitro groups is 1. The van der Waals surface area contributed by atoms with Crippen molar-refractivity contribution in [2.75, 3.05) is 6.61 Å². The van der Waals surface area contributed by atoms with Gasteiger partial charge in [0, 0.05) is 0 Å². The van der Waals surface area contributed by atoms with E-state index in [9.17, 15) is 19.7 Å². The molecular formula is C13H12N4O5. The van der Waals surface area contributed by atoms with Crippen LogP contribution in [0.25, 0.3) is 0 Å². The average Bonchev–Trinajstić information content (AvgIpc) is 2.93. The van der Waals surface area contributed by atoms with Crippen LogP contribution in [0.1, 0.15) is 20.7 Å². The van der Waals surface area contributed by atoms with Gasteiger partial charge in [0.1, 0.15) is 6.61 Å². The van der Waals surface area contributed by atoms with Gasteiger partial charge >= 0.3 is 11.8 Å². The predicted molar refractivity (Wildman–Crippen MR) is 74.1 cm³/mol. The quantitative estimate of drug-likeness (QED) is 0.476. The first-order valence-corrected chi connectivity index (χ1v) is 6.23. The fourth-order valence-corrected chi connectivity index (χ4v) is 1.72. The van der Waals surface area contributed by atoms with Crippen molar-refractivity contribution in [3.05, 3.63) is 57.8 Å². The van der Waals surface area contributed by atoms with E-state index >= 15 is 0 Å². The van der Waals surface area contributed by atoms with E-state index < -0.39 is 22.6 Å². The van der Waals surface area contributed by atoms with Gasteiger partial charge in [-0.15, -0.1) is 0 Å². The number of nitrogens with zero attached hydrogens (tertiary/aromatic N) is 3. The van der Waals surface area contributed by atoms with Gasteiger partial charge in [0.2, 0.25) is 0 Å². The molecule has 9 nitrogen and oxygen atoms in total. The minimum atomic E-state index is -0.945. The first kappa shape index (κ1) is 15.2. The second kappa shape index (κ2) is 6.48. The highest BCUT2D eigenvalue weighted by molar-refractivity contribution is 5.95. The van der Waals surface area contributed by atoms with E-state index in [2.05, 4.69) is 5.10 Å². The van der Waals surface area contributed by atoms with Crippen LogP contribution in [0.3, 0.4) is 0 Å². The molecule has 0 spiro atoms. The number of nitrogens with two attached hydrogens (primary N) is 1. The smallest absolute Gasteiger partial charge is 0.402 e.